The van der Waals surface area contributed by atoms with Gasteiger partial charge in [-0.2, -0.15) is 0 Å². The molecule has 1 atom stereocenters. The summed E-state index contributed by atoms with van der Waals surface area (Å²) in [5.41, 5.74) is 1.08. The highest BCUT2D eigenvalue weighted by atomic mass is 16.6. The van der Waals surface area contributed by atoms with E-state index in [9.17, 15) is 0 Å². The molecule has 0 aromatic heterocycles. The first-order valence-electron chi connectivity index (χ1n) is 6.07. The van der Waals surface area contributed by atoms with Gasteiger partial charge in [-0.3, -0.25) is 0 Å². The maximum absolute atomic E-state index is 9.12. The van der Waals surface area contributed by atoms with Gasteiger partial charge in [0, 0.05) is 18.2 Å². The summed E-state index contributed by atoms with van der Waals surface area (Å²) in [4.78, 5) is 0. The van der Waals surface area contributed by atoms with Gasteiger partial charge in [-0.15, -0.1) is 0 Å². The Morgan fingerprint density at radius 3 is 2.94 bits per heavy atom. The summed E-state index contributed by atoms with van der Waals surface area (Å²) in [5.74, 6) is 1.65. The number of para-hydroxylation sites is 1. The normalized spacial score (nSPS) is 15.6. The molecule has 17 heavy (non-hydrogen) atoms. The maximum atomic E-state index is 9.12. The zero-order valence-electron chi connectivity index (χ0n) is 10.1. The Kier molecular flexibility index (Phi) is 4.23. The van der Waals surface area contributed by atoms with Gasteiger partial charge in [0.15, 0.2) is 11.5 Å². The first-order valence-corrected chi connectivity index (χ1v) is 6.07. The van der Waals surface area contributed by atoms with Gasteiger partial charge in [-0.1, -0.05) is 19.1 Å². The third kappa shape index (κ3) is 2.90. The van der Waals surface area contributed by atoms with Gasteiger partial charge in [0.2, 0.25) is 0 Å². The van der Waals surface area contributed by atoms with Crippen molar-refractivity contribution < 1.29 is 14.6 Å². The lowest BCUT2D eigenvalue weighted by Crippen LogP contribution is -2.31. The van der Waals surface area contributed by atoms with Gasteiger partial charge in [0.25, 0.3) is 0 Å². The molecule has 94 valence electrons. The largest absolute Gasteiger partial charge is 0.486 e. The zero-order valence-corrected chi connectivity index (χ0v) is 10.1. The van der Waals surface area contributed by atoms with Gasteiger partial charge in [0.1, 0.15) is 13.2 Å². The predicted molar refractivity (Wildman–Crippen MR) is 65.4 cm³/mol. The Balaban J connectivity index is 2.05. The fourth-order valence-corrected chi connectivity index (χ4v) is 1.87. The second-order valence-corrected chi connectivity index (χ2v) is 4.11. The molecule has 1 aromatic rings. The lowest BCUT2D eigenvalue weighted by molar-refractivity contribution is 0.169. The number of benzene rings is 1. The molecule has 4 nitrogen and oxygen atoms in total. The van der Waals surface area contributed by atoms with Gasteiger partial charge in [0.05, 0.1) is 6.61 Å². The van der Waals surface area contributed by atoms with Crippen LogP contribution >= 0.6 is 0 Å². The summed E-state index contributed by atoms with van der Waals surface area (Å²) >= 11 is 0. The van der Waals surface area contributed by atoms with E-state index in [1.54, 1.807) is 0 Å². The minimum Gasteiger partial charge on any atom is -0.486 e. The topological polar surface area (TPSA) is 50.7 Å². The molecule has 4 heteroatoms. The molecule has 0 saturated carbocycles. The number of hydrogen-bond acceptors (Lipinski definition) is 4. The molecular weight excluding hydrogens is 218 g/mol. The highest BCUT2D eigenvalue weighted by Gasteiger charge is 2.15. The van der Waals surface area contributed by atoms with Crippen LogP contribution in [0.2, 0.25) is 0 Å². The molecule has 0 aliphatic carbocycles. The minimum absolute atomic E-state index is 0.135. The molecule has 0 fully saturated rings. The molecule has 0 radical (unpaired) electrons. The molecule has 1 unspecified atom stereocenters. The van der Waals surface area contributed by atoms with Crippen molar-refractivity contribution in [3.05, 3.63) is 23.8 Å². The highest BCUT2D eigenvalue weighted by molar-refractivity contribution is 5.47. The van der Waals surface area contributed by atoms with Gasteiger partial charge in [-0.05, 0) is 12.5 Å². The molecule has 1 aromatic carbocycles. The fourth-order valence-electron chi connectivity index (χ4n) is 1.87. The minimum atomic E-state index is 0.135. The van der Waals surface area contributed by atoms with Gasteiger partial charge >= 0.3 is 0 Å². The summed E-state index contributed by atoms with van der Waals surface area (Å²) in [6.45, 7) is 4.10. The molecule has 1 aliphatic rings. The van der Waals surface area contributed by atoms with Crippen LogP contribution < -0.4 is 14.8 Å². The van der Waals surface area contributed by atoms with Crippen LogP contribution in [0.25, 0.3) is 0 Å². The molecule has 0 bridgehead atoms. The Labute approximate surface area is 102 Å². The van der Waals surface area contributed by atoms with E-state index in [1.807, 2.05) is 25.1 Å². The van der Waals surface area contributed by atoms with Crippen LogP contribution in [0, 0.1) is 0 Å². The summed E-state index contributed by atoms with van der Waals surface area (Å²) < 4.78 is 11.1. The van der Waals surface area contributed by atoms with Crippen molar-refractivity contribution in [2.45, 2.75) is 25.9 Å². The number of rotatable bonds is 5. The smallest absolute Gasteiger partial charge is 0.165 e. The standard InChI is InChI=1S/C13H19NO3/c1-2-11(9-15)14-8-10-4-3-5-12-13(10)17-7-6-16-12/h3-5,11,14-15H,2,6-9H2,1H3. The lowest BCUT2D eigenvalue weighted by atomic mass is 10.1. The van der Waals surface area contributed by atoms with Crippen LogP contribution in [-0.4, -0.2) is 31.0 Å². The average molecular weight is 237 g/mol. The Bertz CT molecular complexity index is 364. The van der Waals surface area contributed by atoms with Crippen LogP contribution in [0.5, 0.6) is 11.5 Å². The third-order valence-corrected chi connectivity index (χ3v) is 2.94. The highest BCUT2D eigenvalue weighted by Crippen LogP contribution is 2.33. The van der Waals surface area contributed by atoms with Gasteiger partial charge in [-0.25, -0.2) is 0 Å². The van der Waals surface area contributed by atoms with Crippen LogP contribution in [0.1, 0.15) is 18.9 Å². The van der Waals surface area contributed by atoms with Crippen molar-refractivity contribution in [2.24, 2.45) is 0 Å². The van der Waals surface area contributed by atoms with Crippen LogP contribution in [0.4, 0.5) is 0 Å². The molecule has 0 saturated heterocycles. The summed E-state index contributed by atoms with van der Waals surface area (Å²) in [5, 5.41) is 12.4. The number of hydrogen-bond donors (Lipinski definition) is 2. The van der Waals surface area contributed by atoms with E-state index in [4.69, 9.17) is 14.6 Å². The second kappa shape index (κ2) is 5.89. The molecule has 1 heterocycles. The first kappa shape index (κ1) is 12.2. The summed E-state index contributed by atoms with van der Waals surface area (Å²) in [6.07, 6.45) is 0.906. The van der Waals surface area contributed by atoms with Crippen LogP contribution in [0.15, 0.2) is 18.2 Å². The van der Waals surface area contributed by atoms with E-state index in [0.717, 1.165) is 23.5 Å². The third-order valence-electron chi connectivity index (χ3n) is 2.94. The van der Waals surface area contributed by atoms with Crippen molar-refractivity contribution in [1.29, 1.82) is 0 Å². The van der Waals surface area contributed by atoms with E-state index in [2.05, 4.69) is 5.32 Å². The second-order valence-electron chi connectivity index (χ2n) is 4.11. The van der Waals surface area contributed by atoms with E-state index < -0.39 is 0 Å². The van der Waals surface area contributed by atoms with E-state index in [1.165, 1.54) is 0 Å². The van der Waals surface area contributed by atoms with E-state index >= 15 is 0 Å². The molecular formula is C13H19NO3. The van der Waals surface area contributed by atoms with Crippen LogP contribution in [0.3, 0.4) is 0 Å². The number of aliphatic hydroxyl groups is 1. The Morgan fingerprint density at radius 1 is 1.35 bits per heavy atom. The molecule has 2 rings (SSSR count). The number of aliphatic hydroxyl groups excluding tert-OH is 1. The SMILES string of the molecule is CCC(CO)NCc1cccc2c1OCCO2. The zero-order chi connectivity index (χ0) is 12.1. The Hall–Kier alpha value is -1.26. The monoisotopic (exact) mass is 237 g/mol. The van der Waals surface area contributed by atoms with Crippen molar-refractivity contribution in [1.82, 2.24) is 5.32 Å². The molecule has 2 N–H and O–H groups in total. The fraction of sp³-hybridized carbons (Fsp3) is 0.538. The summed E-state index contributed by atoms with van der Waals surface area (Å²) in [7, 11) is 0. The first-order chi connectivity index (χ1) is 8.35. The molecule has 0 spiro atoms. The van der Waals surface area contributed by atoms with E-state index in [-0.39, 0.29) is 12.6 Å². The van der Waals surface area contributed by atoms with Crippen molar-refractivity contribution in [2.75, 3.05) is 19.8 Å². The lowest BCUT2D eigenvalue weighted by Gasteiger charge is -2.22. The Morgan fingerprint density at radius 2 is 2.18 bits per heavy atom. The molecule has 0 amide bonds. The average Bonchev–Trinajstić information content (AvgIpc) is 2.40. The number of fused-ring (bicyclic) bond motifs is 1. The maximum Gasteiger partial charge on any atom is 0.165 e. The van der Waals surface area contributed by atoms with E-state index in [0.29, 0.717) is 19.8 Å². The van der Waals surface area contributed by atoms with Crippen molar-refractivity contribution in [3.8, 4) is 11.5 Å². The van der Waals surface area contributed by atoms with Crippen LogP contribution in [-0.2, 0) is 6.54 Å². The predicted octanol–water partition coefficient (Wildman–Crippen LogP) is 1.32. The number of ether oxygens (including phenoxy) is 2. The van der Waals surface area contributed by atoms with Gasteiger partial charge < -0.3 is 19.9 Å². The quantitative estimate of drug-likeness (QED) is 0.811. The van der Waals surface area contributed by atoms with Crippen molar-refractivity contribution in [3.63, 3.8) is 0 Å². The van der Waals surface area contributed by atoms with Crippen molar-refractivity contribution >= 4 is 0 Å². The summed E-state index contributed by atoms with van der Waals surface area (Å²) in [6, 6.07) is 6.03. The molecule has 1 aliphatic heterocycles. The number of nitrogens with one attached hydrogen (secondary N) is 1.